The van der Waals surface area contributed by atoms with E-state index in [-0.39, 0.29) is 11.7 Å². The molecule has 1 amide bonds. The maximum atomic E-state index is 12.4. The highest BCUT2D eigenvalue weighted by atomic mass is 35.5. The Morgan fingerprint density at radius 2 is 2.04 bits per heavy atom. The van der Waals surface area contributed by atoms with Crippen molar-refractivity contribution in [1.29, 1.82) is 0 Å². The van der Waals surface area contributed by atoms with Crippen molar-refractivity contribution < 1.29 is 9.53 Å². The number of pyridine rings is 1. The monoisotopic (exact) mass is 400 g/mol. The molecule has 4 nitrogen and oxygen atoms in total. The van der Waals surface area contributed by atoms with Gasteiger partial charge in [0, 0.05) is 10.4 Å². The van der Waals surface area contributed by atoms with Gasteiger partial charge in [-0.25, -0.2) is 4.98 Å². The molecular formula is C21H21ClN2O2S. The molecule has 27 heavy (non-hydrogen) atoms. The number of fused-ring (bicyclic) bond motifs is 1. The third kappa shape index (κ3) is 4.73. The fourth-order valence-electron chi connectivity index (χ4n) is 2.78. The Balaban J connectivity index is 1.76. The summed E-state index contributed by atoms with van der Waals surface area (Å²) in [6.07, 6.45) is 0.864. The quantitative estimate of drug-likeness (QED) is 0.555. The lowest BCUT2D eigenvalue weighted by atomic mass is 10.1. The summed E-state index contributed by atoms with van der Waals surface area (Å²) in [7, 11) is 1.56. The summed E-state index contributed by atoms with van der Waals surface area (Å²) < 4.78 is 5.27. The molecule has 140 valence electrons. The van der Waals surface area contributed by atoms with Crippen LogP contribution in [0.3, 0.4) is 0 Å². The highest BCUT2D eigenvalue weighted by molar-refractivity contribution is 8.00. The smallest absolute Gasteiger partial charge is 0.234 e. The van der Waals surface area contributed by atoms with Crippen LogP contribution in [-0.4, -0.2) is 23.8 Å². The average molecular weight is 401 g/mol. The van der Waals surface area contributed by atoms with Crippen LogP contribution in [-0.2, 0) is 11.2 Å². The molecule has 3 rings (SSSR count). The number of amides is 1. The Bertz CT molecular complexity index is 991. The van der Waals surface area contributed by atoms with Gasteiger partial charge in [-0.05, 0) is 54.8 Å². The van der Waals surface area contributed by atoms with Gasteiger partial charge in [0.05, 0.1) is 24.1 Å². The number of hydrogen-bond acceptors (Lipinski definition) is 4. The largest absolute Gasteiger partial charge is 0.495 e. The Hall–Kier alpha value is -2.24. The van der Waals surface area contributed by atoms with Gasteiger partial charge in [-0.1, -0.05) is 42.4 Å². The topological polar surface area (TPSA) is 51.2 Å². The van der Waals surface area contributed by atoms with Gasteiger partial charge in [0.15, 0.2) is 0 Å². The molecule has 0 unspecified atom stereocenters. The van der Waals surface area contributed by atoms with Gasteiger partial charge in [0.2, 0.25) is 5.91 Å². The van der Waals surface area contributed by atoms with Crippen molar-refractivity contribution >= 4 is 45.9 Å². The van der Waals surface area contributed by atoms with Crippen molar-refractivity contribution in [2.45, 2.75) is 25.3 Å². The molecule has 1 heterocycles. The molecule has 0 aliphatic rings. The van der Waals surface area contributed by atoms with Gasteiger partial charge in [-0.2, -0.15) is 0 Å². The van der Waals surface area contributed by atoms with Crippen LogP contribution in [0.25, 0.3) is 10.9 Å². The van der Waals surface area contributed by atoms with Crippen LogP contribution >= 0.6 is 23.4 Å². The first-order valence-electron chi connectivity index (χ1n) is 8.66. The zero-order chi connectivity index (χ0) is 19.4. The molecule has 1 aromatic heterocycles. The molecule has 0 aliphatic heterocycles. The highest BCUT2D eigenvalue weighted by Gasteiger charge is 2.12. The predicted molar refractivity (Wildman–Crippen MR) is 113 cm³/mol. The highest BCUT2D eigenvalue weighted by Crippen LogP contribution is 2.29. The van der Waals surface area contributed by atoms with E-state index in [0.29, 0.717) is 16.5 Å². The number of rotatable bonds is 6. The molecular weight excluding hydrogens is 380 g/mol. The number of anilines is 1. The zero-order valence-corrected chi connectivity index (χ0v) is 17.1. The minimum Gasteiger partial charge on any atom is -0.495 e. The van der Waals surface area contributed by atoms with Crippen LogP contribution in [0.2, 0.25) is 5.02 Å². The molecule has 1 N–H and O–H groups in total. The molecule has 0 spiro atoms. The lowest BCUT2D eigenvalue weighted by molar-refractivity contribution is -0.113. The van der Waals surface area contributed by atoms with Crippen LogP contribution in [0.4, 0.5) is 5.69 Å². The normalized spacial score (nSPS) is 10.8. The van der Waals surface area contributed by atoms with Gasteiger partial charge in [-0.3, -0.25) is 4.79 Å². The van der Waals surface area contributed by atoms with Crippen molar-refractivity contribution in [2.75, 3.05) is 18.2 Å². The lowest BCUT2D eigenvalue weighted by Gasteiger charge is -2.12. The number of halogens is 1. The summed E-state index contributed by atoms with van der Waals surface area (Å²) in [5, 5.41) is 5.41. The van der Waals surface area contributed by atoms with Crippen molar-refractivity contribution in [3.63, 3.8) is 0 Å². The molecule has 6 heteroatoms. The first kappa shape index (κ1) is 19.5. The van der Waals surface area contributed by atoms with Crippen LogP contribution in [0.15, 0.2) is 47.5 Å². The van der Waals surface area contributed by atoms with Gasteiger partial charge in [0.25, 0.3) is 0 Å². The summed E-state index contributed by atoms with van der Waals surface area (Å²) in [4.78, 5) is 17.2. The van der Waals surface area contributed by atoms with Gasteiger partial charge in [0.1, 0.15) is 10.8 Å². The minimum absolute atomic E-state index is 0.131. The SMILES string of the molecule is CCc1cc2ccc(C)cc2nc1SCC(=O)Nc1cc(Cl)ccc1OC. The summed E-state index contributed by atoms with van der Waals surface area (Å²) in [5.41, 5.74) is 3.82. The molecule has 0 radical (unpaired) electrons. The van der Waals surface area contributed by atoms with E-state index in [9.17, 15) is 4.79 Å². The summed E-state index contributed by atoms with van der Waals surface area (Å²) in [5.74, 6) is 0.701. The third-order valence-electron chi connectivity index (χ3n) is 4.17. The number of nitrogens with one attached hydrogen (secondary N) is 1. The van der Waals surface area contributed by atoms with Crippen LogP contribution < -0.4 is 10.1 Å². The number of carbonyl (C=O) groups is 1. The van der Waals surface area contributed by atoms with Gasteiger partial charge in [-0.15, -0.1) is 0 Å². The molecule has 0 atom stereocenters. The molecule has 0 aliphatic carbocycles. The maximum absolute atomic E-state index is 12.4. The molecule has 0 bridgehead atoms. The number of aromatic nitrogens is 1. The van der Waals surface area contributed by atoms with E-state index in [0.717, 1.165) is 27.9 Å². The average Bonchev–Trinajstić information content (AvgIpc) is 2.65. The fraction of sp³-hybridized carbons (Fsp3) is 0.238. The minimum atomic E-state index is -0.131. The van der Waals surface area contributed by atoms with Crippen molar-refractivity contribution in [2.24, 2.45) is 0 Å². The zero-order valence-electron chi connectivity index (χ0n) is 15.5. The van der Waals surface area contributed by atoms with Crippen LogP contribution in [0.1, 0.15) is 18.1 Å². The second-order valence-electron chi connectivity index (χ2n) is 6.18. The van der Waals surface area contributed by atoms with Crippen molar-refractivity contribution in [3.8, 4) is 5.75 Å². The molecule has 3 aromatic rings. The third-order valence-corrected chi connectivity index (χ3v) is 5.44. The van der Waals surface area contributed by atoms with E-state index in [1.165, 1.54) is 17.3 Å². The van der Waals surface area contributed by atoms with E-state index in [1.54, 1.807) is 25.3 Å². The van der Waals surface area contributed by atoms with E-state index < -0.39 is 0 Å². The Morgan fingerprint density at radius 1 is 1.22 bits per heavy atom. The second-order valence-corrected chi connectivity index (χ2v) is 7.58. The standard InChI is InChI=1S/C21H21ClN2O2S/c1-4-14-10-15-6-5-13(2)9-17(15)24-21(14)27-12-20(25)23-18-11-16(22)7-8-19(18)26-3/h5-11H,4,12H2,1-3H3,(H,23,25). The Labute approximate surface area is 168 Å². The number of nitrogens with zero attached hydrogens (tertiary/aromatic N) is 1. The van der Waals surface area contributed by atoms with Crippen molar-refractivity contribution in [3.05, 3.63) is 58.6 Å². The summed E-state index contributed by atoms with van der Waals surface area (Å²) >= 11 is 7.46. The first-order valence-corrected chi connectivity index (χ1v) is 10.0. The molecule has 0 saturated carbocycles. The predicted octanol–water partition coefficient (Wildman–Crippen LogP) is 5.50. The first-order chi connectivity index (χ1) is 13.0. The van der Waals surface area contributed by atoms with Gasteiger partial charge < -0.3 is 10.1 Å². The fourth-order valence-corrected chi connectivity index (χ4v) is 3.84. The maximum Gasteiger partial charge on any atom is 0.234 e. The number of methoxy groups -OCH3 is 1. The van der Waals surface area contributed by atoms with E-state index >= 15 is 0 Å². The number of hydrogen-bond donors (Lipinski definition) is 1. The number of aryl methyl sites for hydroxylation is 2. The number of thioether (sulfide) groups is 1. The number of carbonyl (C=O) groups excluding carboxylic acids is 1. The summed E-state index contributed by atoms with van der Waals surface area (Å²) in [6, 6.07) is 13.5. The molecule has 0 fully saturated rings. The second kappa shape index (κ2) is 8.63. The van der Waals surface area contributed by atoms with E-state index in [2.05, 4.69) is 36.5 Å². The number of benzene rings is 2. The van der Waals surface area contributed by atoms with E-state index in [4.69, 9.17) is 21.3 Å². The van der Waals surface area contributed by atoms with Crippen molar-refractivity contribution in [1.82, 2.24) is 4.98 Å². The van der Waals surface area contributed by atoms with Crippen LogP contribution in [0.5, 0.6) is 5.75 Å². The van der Waals surface area contributed by atoms with Gasteiger partial charge >= 0.3 is 0 Å². The Kier molecular flexibility index (Phi) is 6.24. The summed E-state index contributed by atoms with van der Waals surface area (Å²) in [6.45, 7) is 4.14. The lowest BCUT2D eigenvalue weighted by Crippen LogP contribution is -2.15. The van der Waals surface area contributed by atoms with E-state index in [1.807, 2.05) is 6.92 Å². The van der Waals surface area contributed by atoms with Crippen LogP contribution in [0, 0.1) is 6.92 Å². The number of ether oxygens (including phenoxy) is 1. The Morgan fingerprint density at radius 3 is 2.78 bits per heavy atom. The molecule has 2 aromatic carbocycles. The molecule has 0 saturated heterocycles.